The lowest BCUT2D eigenvalue weighted by molar-refractivity contribution is -0.129. The van der Waals surface area contributed by atoms with Gasteiger partial charge in [0, 0.05) is 38.0 Å². The van der Waals surface area contributed by atoms with Gasteiger partial charge in [0.05, 0.1) is 0 Å². The summed E-state index contributed by atoms with van der Waals surface area (Å²) in [4.78, 5) is 27.8. The third kappa shape index (κ3) is 4.36. The number of fused-ring (bicyclic) bond motifs is 1. The monoisotopic (exact) mass is 349 g/mol. The van der Waals surface area contributed by atoms with Crippen LogP contribution >= 0.6 is 11.3 Å². The van der Waals surface area contributed by atoms with E-state index in [-0.39, 0.29) is 23.8 Å². The molecule has 1 atom stereocenters. The molecule has 2 amide bonds. The Kier molecular flexibility index (Phi) is 5.89. The van der Waals surface area contributed by atoms with Crippen LogP contribution in [0.2, 0.25) is 0 Å². The van der Waals surface area contributed by atoms with E-state index in [2.05, 4.69) is 27.0 Å². The van der Waals surface area contributed by atoms with Crippen LogP contribution in [-0.4, -0.2) is 42.4 Å². The highest BCUT2D eigenvalue weighted by Crippen LogP contribution is 2.28. The van der Waals surface area contributed by atoms with E-state index in [0.717, 1.165) is 51.7 Å². The van der Waals surface area contributed by atoms with Crippen LogP contribution in [0.5, 0.6) is 0 Å². The number of hydrogen-bond acceptors (Lipinski definition) is 4. The average Bonchev–Trinajstić information content (AvgIpc) is 3.23. The molecule has 2 aliphatic rings. The molecule has 24 heavy (non-hydrogen) atoms. The van der Waals surface area contributed by atoms with Gasteiger partial charge in [-0.1, -0.05) is 12.8 Å². The molecule has 1 aromatic heterocycles. The minimum absolute atomic E-state index is 0.0228. The smallest absolute Gasteiger partial charge is 0.242 e. The Balaban J connectivity index is 1.46. The van der Waals surface area contributed by atoms with E-state index in [0.29, 0.717) is 6.54 Å². The van der Waals surface area contributed by atoms with Gasteiger partial charge in [0.2, 0.25) is 11.8 Å². The van der Waals surface area contributed by atoms with E-state index in [1.165, 1.54) is 17.4 Å². The number of carbonyl (C=O) groups is 2. The summed E-state index contributed by atoms with van der Waals surface area (Å²) in [5.74, 6) is 0.144. The maximum absolute atomic E-state index is 12.5. The van der Waals surface area contributed by atoms with Crippen LogP contribution in [0.15, 0.2) is 11.4 Å². The fourth-order valence-corrected chi connectivity index (χ4v) is 4.74. The van der Waals surface area contributed by atoms with Crippen molar-refractivity contribution < 1.29 is 9.59 Å². The van der Waals surface area contributed by atoms with Gasteiger partial charge in [-0.2, -0.15) is 0 Å². The Morgan fingerprint density at radius 2 is 2.17 bits per heavy atom. The van der Waals surface area contributed by atoms with E-state index >= 15 is 0 Å². The van der Waals surface area contributed by atoms with Crippen molar-refractivity contribution in [3.63, 3.8) is 0 Å². The Morgan fingerprint density at radius 3 is 2.92 bits per heavy atom. The third-order valence-corrected chi connectivity index (χ3v) is 6.15. The first-order chi connectivity index (χ1) is 11.6. The summed E-state index contributed by atoms with van der Waals surface area (Å²) in [6.07, 6.45) is 5.49. The topological polar surface area (TPSA) is 61.4 Å². The predicted molar refractivity (Wildman–Crippen MR) is 95.9 cm³/mol. The third-order valence-electron chi connectivity index (χ3n) is 5.13. The second-order valence-electron chi connectivity index (χ2n) is 6.91. The van der Waals surface area contributed by atoms with Crippen LogP contribution in [0.4, 0.5) is 0 Å². The zero-order chi connectivity index (χ0) is 16.9. The fourth-order valence-electron chi connectivity index (χ4n) is 3.85. The first-order valence-corrected chi connectivity index (χ1v) is 9.84. The second-order valence-corrected chi connectivity index (χ2v) is 7.91. The van der Waals surface area contributed by atoms with Gasteiger partial charge in [-0.15, -0.1) is 11.3 Å². The summed E-state index contributed by atoms with van der Waals surface area (Å²) in [6.45, 7) is 5.02. The fraction of sp³-hybridized carbons (Fsp3) is 0.667. The number of hydrogen-bond donors (Lipinski definition) is 2. The quantitative estimate of drug-likeness (QED) is 0.825. The van der Waals surface area contributed by atoms with Crippen molar-refractivity contribution in [1.29, 1.82) is 0 Å². The molecule has 6 heteroatoms. The van der Waals surface area contributed by atoms with Crippen molar-refractivity contribution in [2.75, 3.05) is 19.6 Å². The van der Waals surface area contributed by atoms with Gasteiger partial charge in [-0.05, 0) is 42.2 Å². The predicted octanol–water partition coefficient (Wildman–Crippen LogP) is 1.92. The number of amides is 2. The Morgan fingerprint density at radius 1 is 1.38 bits per heavy atom. The molecule has 0 spiro atoms. The van der Waals surface area contributed by atoms with E-state index in [9.17, 15) is 9.59 Å². The first kappa shape index (κ1) is 17.4. The van der Waals surface area contributed by atoms with Gasteiger partial charge in [0.1, 0.15) is 6.04 Å². The van der Waals surface area contributed by atoms with Gasteiger partial charge in [-0.3, -0.25) is 14.5 Å². The lowest BCUT2D eigenvalue weighted by Crippen LogP contribution is -2.51. The van der Waals surface area contributed by atoms with Crippen molar-refractivity contribution in [2.24, 2.45) is 5.92 Å². The highest BCUT2D eigenvalue weighted by atomic mass is 32.1. The van der Waals surface area contributed by atoms with Gasteiger partial charge >= 0.3 is 0 Å². The molecule has 2 N–H and O–H groups in total. The zero-order valence-corrected chi connectivity index (χ0v) is 15.2. The molecular weight excluding hydrogens is 322 g/mol. The van der Waals surface area contributed by atoms with Crippen LogP contribution < -0.4 is 10.6 Å². The molecule has 0 radical (unpaired) electrons. The van der Waals surface area contributed by atoms with Gasteiger partial charge in [-0.25, -0.2) is 0 Å². The van der Waals surface area contributed by atoms with Crippen LogP contribution in [0.25, 0.3) is 0 Å². The SMILES string of the molecule is CC(=O)NC(C(=O)NCCN1CCc2sccc2C1)C1CCCC1. The standard InChI is InChI=1S/C18H27N3O2S/c1-13(22)20-17(14-4-2-3-5-14)18(23)19-8-10-21-9-6-16-15(12-21)7-11-24-16/h7,11,14,17H,2-6,8-10,12H2,1H3,(H,19,23)(H,20,22). The summed E-state index contributed by atoms with van der Waals surface area (Å²) in [5, 5.41) is 8.06. The molecule has 2 heterocycles. The Hall–Kier alpha value is -1.40. The lowest BCUT2D eigenvalue weighted by Gasteiger charge is -2.28. The van der Waals surface area contributed by atoms with Crippen molar-refractivity contribution in [3.05, 3.63) is 21.9 Å². The highest BCUT2D eigenvalue weighted by Gasteiger charge is 2.31. The zero-order valence-electron chi connectivity index (χ0n) is 14.3. The molecule has 1 saturated carbocycles. The highest BCUT2D eigenvalue weighted by molar-refractivity contribution is 7.10. The van der Waals surface area contributed by atoms with Crippen molar-refractivity contribution in [2.45, 2.75) is 51.6 Å². The van der Waals surface area contributed by atoms with Crippen molar-refractivity contribution in [1.82, 2.24) is 15.5 Å². The van der Waals surface area contributed by atoms with E-state index in [4.69, 9.17) is 0 Å². The maximum atomic E-state index is 12.5. The molecule has 1 fully saturated rings. The molecule has 0 aromatic carbocycles. The van der Waals surface area contributed by atoms with Crippen molar-refractivity contribution in [3.8, 4) is 0 Å². The molecule has 1 aliphatic heterocycles. The second kappa shape index (κ2) is 8.12. The van der Waals surface area contributed by atoms with Gasteiger partial charge in [0.25, 0.3) is 0 Å². The maximum Gasteiger partial charge on any atom is 0.242 e. The minimum atomic E-state index is -0.366. The Bertz CT molecular complexity index is 581. The molecular formula is C18H27N3O2S. The summed E-state index contributed by atoms with van der Waals surface area (Å²) in [5.41, 5.74) is 1.43. The minimum Gasteiger partial charge on any atom is -0.353 e. The largest absolute Gasteiger partial charge is 0.353 e. The number of nitrogens with zero attached hydrogens (tertiary/aromatic N) is 1. The Labute approximate surface area is 147 Å². The van der Waals surface area contributed by atoms with Crippen LogP contribution in [0.1, 0.15) is 43.0 Å². The molecule has 1 aliphatic carbocycles. The van der Waals surface area contributed by atoms with E-state index < -0.39 is 0 Å². The first-order valence-electron chi connectivity index (χ1n) is 8.96. The summed E-state index contributed by atoms with van der Waals surface area (Å²) < 4.78 is 0. The summed E-state index contributed by atoms with van der Waals surface area (Å²) in [6, 6.07) is 1.84. The van der Waals surface area contributed by atoms with Gasteiger partial charge < -0.3 is 10.6 Å². The molecule has 0 saturated heterocycles. The summed E-state index contributed by atoms with van der Waals surface area (Å²) >= 11 is 1.84. The van der Waals surface area contributed by atoms with Crippen LogP contribution in [0, 0.1) is 5.92 Å². The molecule has 1 aromatic rings. The summed E-state index contributed by atoms with van der Waals surface area (Å²) in [7, 11) is 0. The number of carbonyl (C=O) groups excluding carboxylic acids is 2. The molecule has 5 nitrogen and oxygen atoms in total. The molecule has 1 unspecified atom stereocenters. The van der Waals surface area contributed by atoms with Crippen LogP contribution in [0.3, 0.4) is 0 Å². The number of rotatable bonds is 6. The number of nitrogens with one attached hydrogen (secondary N) is 2. The van der Waals surface area contributed by atoms with E-state index in [1.54, 1.807) is 0 Å². The van der Waals surface area contributed by atoms with E-state index in [1.807, 2.05) is 11.3 Å². The van der Waals surface area contributed by atoms with Gasteiger partial charge in [0.15, 0.2) is 0 Å². The number of thiophene rings is 1. The molecule has 132 valence electrons. The normalized spacial score (nSPS) is 19.7. The van der Waals surface area contributed by atoms with Crippen molar-refractivity contribution >= 4 is 23.2 Å². The molecule has 0 bridgehead atoms. The average molecular weight is 350 g/mol. The lowest BCUT2D eigenvalue weighted by atomic mass is 9.97. The van der Waals surface area contributed by atoms with Crippen LogP contribution in [-0.2, 0) is 22.6 Å². The molecule has 3 rings (SSSR count).